The fraction of sp³-hybridized carbons (Fsp3) is 0.333. The van der Waals surface area contributed by atoms with Gasteiger partial charge in [0.1, 0.15) is 5.75 Å². The molecule has 0 saturated heterocycles. The lowest BCUT2D eigenvalue weighted by Crippen LogP contribution is -2.09. The van der Waals surface area contributed by atoms with Crippen molar-refractivity contribution in [1.29, 1.82) is 0 Å². The fourth-order valence-corrected chi connectivity index (χ4v) is 2.10. The molecule has 0 bridgehead atoms. The fourth-order valence-electron chi connectivity index (χ4n) is 2.10. The lowest BCUT2D eigenvalue weighted by atomic mass is 10.0. The number of unbranched alkanes of at least 4 members (excludes halogenated alkanes) is 2. The van der Waals surface area contributed by atoms with Gasteiger partial charge in [-0.05, 0) is 62.3 Å². The molecule has 0 aliphatic rings. The normalized spacial score (nSPS) is 12.1. The van der Waals surface area contributed by atoms with Gasteiger partial charge in [0.2, 0.25) is 0 Å². The van der Waals surface area contributed by atoms with E-state index in [4.69, 9.17) is 4.74 Å². The van der Waals surface area contributed by atoms with Crippen molar-refractivity contribution >= 4 is 11.8 Å². The number of aliphatic hydroxyl groups excluding tert-OH is 1. The molecule has 0 aromatic heterocycles. The molecular weight excluding hydrogens is 332 g/mol. The van der Waals surface area contributed by atoms with Gasteiger partial charge in [-0.2, -0.15) is 0 Å². The molecule has 0 unspecified atom stereocenters. The molecule has 0 heterocycles. The van der Waals surface area contributed by atoms with Gasteiger partial charge in [-0.15, -0.1) is 0 Å². The summed E-state index contributed by atoms with van der Waals surface area (Å²) in [5.41, 5.74) is 1.14. The Bertz CT molecular complexity index is 562. The molecular formula is C21H26O5. The van der Waals surface area contributed by atoms with Crippen LogP contribution in [-0.4, -0.2) is 37.2 Å². The van der Waals surface area contributed by atoms with Crippen LogP contribution < -0.4 is 4.74 Å². The second-order valence-electron chi connectivity index (χ2n) is 5.63. The third-order valence-electron chi connectivity index (χ3n) is 3.64. The molecule has 0 aliphatic heterocycles. The Morgan fingerprint density at radius 3 is 2.46 bits per heavy atom. The molecule has 0 spiro atoms. The highest BCUT2D eigenvalue weighted by Gasteiger charge is 2.06. The molecule has 1 aromatic carbocycles. The van der Waals surface area contributed by atoms with Crippen molar-refractivity contribution in [3.63, 3.8) is 0 Å². The standard InChI is InChI=1S/C21H26O5/c1-25-20-14-10-17(11-15-20)9-12-18(22)7-5-3-4-6-8-19(23)13-16-21(24)26-2/h3-8,10-11,14-15,18,22H,9,12-13,16H2,1-2H3/b8-6+/t18-/m1/s1. The van der Waals surface area contributed by atoms with Crippen LogP contribution in [0.2, 0.25) is 0 Å². The van der Waals surface area contributed by atoms with Crippen LogP contribution in [0.5, 0.6) is 5.75 Å². The van der Waals surface area contributed by atoms with Gasteiger partial charge in [0.15, 0.2) is 5.78 Å². The predicted molar refractivity (Wildman–Crippen MR) is 99.9 cm³/mol. The zero-order valence-electron chi connectivity index (χ0n) is 15.3. The molecule has 140 valence electrons. The van der Waals surface area contributed by atoms with Crippen LogP contribution in [0.1, 0.15) is 24.8 Å². The van der Waals surface area contributed by atoms with Gasteiger partial charge in [0.25, 0.3) is 0 Å². The number of methoxy groups -OCH3 is 2. The van der Waals surface area contributed by atoms with E-state index in [-0.39, 0.29) is 18.6 Å². The Balaban J connectivity index is 2.08. The van der Waals surface area contributed by atoms with E-state index in [1.54, 1.807) is 38.9 Å². The highest BCUT2D eigenvalue weighted by Crippen LogP contribution is 2.14. The van der Waals surface area contributed by atoms with Gasteiger partial charge in [-0.1, -0.05) is 18.2 Å². The maximum Gasteiger partial charge on any atom is 0.305 e. The van der Waals surface area contributed by atoms with Crippen molar-refractivity contribution in [3.8, 4) is 5.75 Å². The van der Waals surface area contributed by atoms with E-state index in [0.29, 0.717) is 6.42 Å². The number of aryl methyl sites for hydroxylation is 1. The number of hydrogen-bond acceptors (Lipinski definition) is 5. The van der Waals surface area contributed by atoms with Crippen molar-refractivity contribution in [1.82, 2.24) is 0 Å². The maximum atomic E-state index is 11.5. The molecule has 0 amide bonds. The zero-order chi connectivity index (χ0) is 19.2. The van der Waals surface area contributed by atoms with E-state index in [2.05, 4.69) is 4.74 Å². The third-order valence-corrected chi connectivity index (χ3v) is 3.64. The number of aliphatic hydroxyl groups is 1. The van der Waals surface area contributed by atoms with Gasteiger partial charge in [-0.3, -0.25) is 9.59 Å². The second-order valence-corrected chi connectivity index (χ2v) is 5.63. The van der Waals surface area contributed by atoms with E-state index in [9.17, 15) is 14.7 Å². The van der Waals surface area contributed by atoms with Gasteiger partial charge >= 0.3 is 5.97 Å². The largest absolute Gasteiger partial charge is 0.497 e. The number of hydrogen-bond donors (Lipinski definition) is 1. The number of carbonyl (C=O) groups excluding carboxylic acids is 2. The van der Waals surface area contributed by atoms with Crippen LogP contribution >= 0.6 is 0 Å². The molecule has 1 atom stereocenters. The monoisotopic (exact) mass is 358 g/mol. The first-order valence-corrected chi connectivity index (χ1v) is 8.47. The summed E-state index contributed by atoms with van der Waals surface area (Å²) in [7, 11) is 2.92. The molecule has 5 heteroatoms. The molecule has 1 rings (SSSR count). The summed E-state index contributed by atoms with van der Waals surface area (Å²) in [5, 5.41) is 9.94. The molecule has 0 saturated carbocycles. The summed E-state index contributed by atoms with van der Waals surface area (Å²) in [6.07, 6.45) is 11.0. The average Bonchev–Trinajstić information content (AvgIpc) is 2.67. The van der Waals surface area contributed by atoms with Gasteiger partial charge in [0, 0.05) is 6.42 Å². The number of esters is 1. The van der Waals surface area contributed by atoms with Crippen molar-refractivity contribution in [2.24, 2.45) is 0 Å². The third kappa shape index (κ3) is 9.99. The highest BCUT2D eigenvalue weighted by atomic mass is 16.5. The second kappa shape index (κ2) is 13.1. The molecule has 26 heavy (non-hydrogen) atoms. The van der Waals surface area contributed by atoms with E-state index in [1.807, 2.05) is 24.3 Å². The van der Waals surface area contributed by atoms with E-state index < -0.39 is 12.1 Å². The molecule has 0 fully saturated rings. The number of allylic oxidation sites excluding steroid dienone is 2. The Morgan fingerprint density at radius 2 is 1.81 bits per heavy atom. The van der Waals surface area contributed by atoms with Gasteiger partial charge in [-0.25, -0.2) is 0 Å². The number of rotatable bonds is 13. The van der Waals surface area contributed by atoms with Crippen LogP contribution in [0.3, 0.4) is 0 Å². The van der Waals surface area contributed by atoms with Crippen LogP contribution in [0.4, 0.5) is 0 Å². The Hall–Kier alpha value is -2.14. The van der Waals surface area contributed by atoms with Crippen molar-refractivity contribution in [2.75, 3.05) is 14.2 Å². The van der Waals surface area contributed by atoms with Crippen LogP contribution in [0, 0.1) is 25.7 Å². The van der Waals surface area contributed by atoms with Crippen LogP contribution in [0.15, 0.2) is 36.4 Å². The first kappa shape index (κ1) is 21.9. The van der Waals surface area contributed by atoms with Crippen molar-refractivity contribution < 1.29 is 24.2 Å². The van der Waals surface area contributed by atoms with Gasteiger partial charge < -0.3 is 14.6 Å². The molecule has 1 aromatic rings. The summed E-state index contributed by atoms with van der Waals surface area (Å²) >= 11 is 0. The van der Waals surface area contributed by atoms with Crippen LogP contribution in [-0.2, 0) is 20.7 Å². The summed E-state index contributed by atoms with van der Waals surface area (Å²) in [6.45, 7) is 0. The molecule has 5 nitrogen and oxygen atoms in total. The summed E-state index contributed by atoms with van der Waals surface area (Å²) in [5.74, 6) is 0.286. The lowest BCUT2D eigenvalue weighted by molar-refractivity contribution is -0.141. The topological polar surface area (TPSA) is 72.8 Å². The van der Waals surface area contributed by atoms with Crippen LogP contribution in [0.25, 0.3) is 0 Å². The average molecular weight is 358 g/mol. The summed E-state index contributed by atoms with van der Waals surface area (Å²) in [4.78, 5) is 22.4. The minimum Gasteiger partial charge on any atom is -0.497 e. The number of ether oxygens (including phenoxy) is 2. The SMILES string of the molecule is COC(=O)CCC(=O)/C=C/[CH][CH][CH][CH][C@@H](O)CCc1ccc(OC)cc1. The van der Waals surface area contributed by atoms with E-state index in [1.165, 1.54) is 13.2 Å². The minimum atomic E-state index is -0.535. The minimum absolute atomic E-state index is 0.0870. The zero-order valence-corrected chi connectivity index (χ0v) is 15.3. The van der Waals surface area contributed by atoms with Crippen molar-refractivity contribution in [3.05, 3.63) is 67.7 Å². The number of benzene rings is 1. The predicted octanol–water partition coefficient (Wildman–Crippen LogP) is 2.88. The van der Waals surface area contributed by atoms with E-state index in [0.717, 1.165) is 17.7 Å². The quantitative estimate of drug-likeness (QED) is 0.333. The molecule has 4 radical (unpaired) electrons. The van der Waals surface area contributed by atoms with Gasteiger partial charge in [0.05, 0.1) is 26.7 Å². The summed E-state index contributed by atoms with van der Waals surface area (Å²) < 4.78 is 9.58. The first-order valence-electron chi connectivity index (χ1n) is 8.47. The number of carbonyl (C=O) groups is 2. The lowest BCUT2D eigenvalue weighted by Gasteiger charge is -2.09. The maximum absolute atomic E-state index is 11.5. The molecule has 0 aliphatic carbocycles. The Labute approximate surface area is 156 Å². The Kier molecular flexibility index (Phi) is 11.0. The van der Waals surface area contributed by atoms with Crippen molar-refractivity contribution in [2.45, 2.75) is 31.8 Å². The van der Waals surface area contributed by atoms with E-state index >= 15 is 0 Å². The highest BCUT2D eigenvalue weighted by molar-refractivity contribution is 5.91. The smallest absolute Gasteiger partial charge is 0.305 e. The summed E-state index contributed by atoms with van der Waals surface area (Å²) in [6, 6.07) is 7.77. The molecule has 1 N–H and O–H groups in total. The Morgan fingerprint density at radius 1 is 1.08 bits per heavy atom. The first-order chi connectivity index (χ1) is 12.5. The number of ketones is 1.